The quantitative estimate of drug-likeness (QED) is 0.728. The van der Waals surface area contributed by atoms with Crippen molar-refractivity contribution >= 4 is 17.2 Å². The maximum absolute atomic E-state index is 12.2. The van der Waals surface area contributed by atoms with Crippen molar-refractivity contribution in [2.24, 2.45) is 0 Å². The van der Waals surface area contributed by atoms with Crippen molar-refractivity contribution < 1.29 is 9.53 Å². The molecule has 0 saturated carbocycles. The Morgan fingerprint density at radius 1 is 1.30 bits per heavy atom. The molecule has 1 aromatic carbocycles. The normalized spacial score (nSPS) is 10.5. The third kappa shape index (κ3) is 3.78. The SMILES string of the molecule is CCOc1cccc(CNC(=O)c2cc(-c3cccs3)[nH]n2)c1. The van der Waals surface area contributed by atoms with E-state index in [-0.39, 0.29) is 5.91 Å². The van der Waals surface area contributed by atoms with E-state index >= 15 is 0 Å². The van der Waals surface area contributed by atoms with E-state index in [0.29, 0.717) is 18.8 Å². The number of benzene rings is 1. The topological polar surface area (TPSA) is 67.0 Å². The highest BCUT2D eigenvalue weighted by atomic mass is 32.1. The van der Waals surface area contributed by atoms with Gasteiger partial charge in [0.1, 0.15) is 5.75 Å². The Bertz CT molecular complexity index is 781. The van der Waals surface area contributed by atoms with Crippen LogP contribution in [0, 0.1) is 0 Å². The summed E-state index contributed by atoms with van der Waals surface area (Å²) >= 11 is 1.60. The zero-order chi connectivity index (χ0) is 16.1. The summed E-state index contributed by atoms with van der Waals surface area (Å²) in [6.45, 7) is 2.99. The van der Waals surface area contributed by atoms with Gasteiger partial charge in [0.2, 0.25) is 0 Å². The van der Waals surface area contributed by atoms with Crippen molar-refractivity contribution in [2.75, 3.05) is 6.61 Å². The Kier molecular flexibility index (Phi) is 4.73. The zero-order valence-corrected chi connectivity index (χ0v) is 13.5. The first-order chi connectivity index (χ1) is 11.3. The second kappa shape index (κ2) is 7.11. The van der Waals surface area contributed by atoms with Crippen molar-refractivity contribution in [3.8, 4) is 16.3 Å². The van der Waals surface area contributed by atoms with Gasteiger partial charge in [0, 0.05) is 6.54 Å². The standard InChI is InChI=1S/C17H17N3O2S/c1-2-22-13-6-3-5-12(9-13)11-18-17(21)15-10-14(19-20-15)16-7-4-8-23-16/h3-10H,2,11H2,1H3,(H,18,21)(H,19,20). The summed E-state index contributed by atoms with van der Waals surface area (Å²) < 4.78 is 5.45. The lowest BCUT2D eigenvalue weighted by Gasteiger charge is -2.06. The van der Waals surface area contributed by atoms with Crippen molar-refractivity contribution in [3.05, 3.63) is 59.1 Å². The number of carbonyl (C=O) groups excluding carboxylic acids is 1. The van der Waals surface area contributed by atoms with Gasteiger partial charge in [-0.3, -0.25) is 9.89 Å². The molecule has 0 spiro atoms. The van der Waals surface area contributed by atoms with E-state index in [1.54, 1.807) is 17.4 Å². The molecule has 0 aliphatic rings. The van der Waals surface area contributed by atoms with Crippen LogP contribution in [-0.4, -0.2) is 22.7 Å². The van der Waals surface area contributed by atoms with Gasteiger partial charge in [0.05, 0.1) is 17.2 Å². The van der Waals surface area contributed by atoms with Gasteiger partial charge in [0.25, 0.3) is 5.91 Å². The summed E-state index contributed by atoms with van der Waals surface area (Å²) in [6.07, 6.45) is 0. The Hall–Kier alpha value is -2.60. The van der Waals surface area contributed by atoms with Gasteiger partial charge in [-0.1, -0.05) is 18.2 Å². The highest BCUT2D eigenvalue weighted by Crippen LogP contribution is 2.22. The number of carbonyl (C=O) groups is 1. The van der Waals surface area contributed by atoms with Gasteiger partial charge in [-0.05, 0) is 42.1 Å². The van der Waals surface area contributed by atoms with E-state index in [4.69, 9.17) is 4.74 Å². The number of hydrogen-bond acceptors (Lipinski definition) is 4. The molecule has 0 atom stereocenters. The van der Waals surface area contributed by atoms with Crippen molar-refractivity contribution in [3.63, 3.8) is 0 Å². The summed E-state index contributed by atoms with van der Waals surface area (Å²) in [7, 11) is 0. The van der Waals surface area contributed by atoms with Crippen LogP contribution in [-0.2, 0) is 6.54 Å². The molecule has 1 amide bonds. The first-order valence-corrected chi connectivity index (χ1v) is 8.23. The van der Waals surface area contributed by atoms with Gasteiger partial charge in [-0.15, -0.1) is 11.3 Å². The van der Waals surface area contributed by atoms with Crippen LogP contribution < -0.4 is 10.1 Å². The monoisotopic (exact) mass is 327 g/mol. The number of aromatic amines is 1. The highest BCUT2D eigenvalue weighted by Gasteiger charge is 2.11. The molecule has 23 heavy (non-hydrogen) atoms. The summed E-state index contributed by atoms with van der Waals surface area (Å²) in [5.41, 5.74) is 2.22. The molecule has 5 nitrogen and oxygen atoms in total. The first-order valence-electron chi connectivity index (χ1n) is 7.35. The molecule has 0 unspecified atom stereocenters. The van der Waals surface area contributed by atoms with Crippen LogP contribution in [0.1, 0.15) is 23.0 Å². The number of nitrogens with zero attached hydrogens (tertiary/aromatic N) is 1. The molecule has 6 heteroatoms. The van der Waals surface area contributed by atoms with Crippen molar-refractivity contribution in [2.45, 2.75) is 13.5 Å². The molecule has 2 heterocycles. The average molecular weight is 327 g/mol. The number of thiophene rings is 1. The van der Waals surface area contributed by atoms with Crippen LogP contribution in [0.2, 0.25) is 0 Å². The fourth-order valence-electron chi connectivity index (χ4n) is 2.18. The molecule has 0 aliphatic carbocycles. The van der Waals surface area contributed by atoms with E-state index < -0.39 is 0 Å². The lowest BCUT2D eigenvalue weighted by Crippen LogP contribution is -2.23. The number of ether oxygens (including phenoxy) is 1. The van der Waals surface area contributed by atoms with Crippen LogP contribution in [0.5, 0.6) is 5.75 Å². The van der Waals surface area contributed by atoms with Crippen LogP contribution in [0.15, 0.2) is 47.8 Å². The molecular formula is C17H17N3O2S. The predicted octanol–water partition coefficient (Wildman–Crippen LogP) is 3.47. The van der Waals surface area contributed by atoms with Crippen molar-refractivity contribution in [1.82, 2.24) is 15.5 Å². The molecule has 0 radical (unpaired) electrons. The average Bonchev–Trinajstić information content (AvgIpc) is 3.24. The van der Waals surface area contributed by atoms with Gasteiger partial charge < -0.3 is 10.1 Å². The third-order valence-electron chi connectivity index (χ3n) is 3.26. The number of H-pyrrole nitrogens is 1. The lowest BCUT2D eigenvalue weighted by atomic mass is 10.2. The Labute approximate surface area is 138 Å². The smallest absolute Gasteiger partial charge is 0.272 e. The van der Waals surface area contributed by atoms with Crippen LogP contribution >= 0.6 is 11.3 Å². The summed E-state index contributed by atoms with van der Waals surface area (Å²) in [6, 6.07) is 13.4. The number of nitrogens with one attached hydrogen (secondary N) is 2. The Morgan fingerprint density at radius 2 is 2.22 bits per heavy atom. The molecule has 3 rings (SSSR count). The van der Waals surface area contributed by atoms with Gasteiger partial charge >= 0.3 is 0 Å². The minimum absolute atomic E-state index is 0.203. The summed E-state index contributed by atoms with van der Waals surface area (Å²) in [5, 5.41) is 11.8. The fraction of sp³-hybridized carbons (Fsp3) is 0.176. The molecular weight excluding hydrogens is 310 g/mol. The molecule has 0 saturated heterocycles. The molecule has 118 valence electrons. The molecule has 0 aliphatic heterocycles. The highest BCUT2D eigenvalue weighted by molar-refractivity contribution is 7.13. The van der Waals surface area contributed by atoms with Gasteiger partial charge in [0.15, 0.2) is 5.69 Å². The predicted molar refractivity (Wildman–Crippen MR) is 90.7 cm³/mol. The lowest BCUT2D eigenvalue weighted by molar-refractivity contribution is 0.0946. The molecule has 2 N–H and O–H groups in total. The maximum atomic E-state index is 12.2. The van der Waals surface area contributed by atoms with Crippen molar-refractivity contribution in [1.29, 1.82) is 0 Å². The summed E-state index contributed by atoms with van der Waals surface area (Å²) in [4.78, 5) is 13.2. The van der Waals surface area contributed by atoms with Gasteiger partial charge in [-0.2, -0.15) is 5.10 Å². The minimum Gasteiger partial charge on any atom is -0.494 e. The number of hydrogen-bond donors (Lipinski definition) is 2. The number of rotatable bonds is 6. The first kappa shape index (κ1) is 15.3. The number of aromatic nitrogens is 2. The fourth-order valence-corrected chi connectivity index (χ4v) is 2.87. The zero-order valence-electron chi connectivity index (χ0n) is 12.7. The second-order valence-corrected chi connectivity index (χ2v) is 5.85. The van der Waals surface area contributed by atoms with E-state index in [0.717, 1.165) is 21.9 Å². The largest absolute Gasteiger partial charge is 0.494 e. The molecule has 2 aromatic heterocycles. The van der Waals surface area contributed by atoms with E-state index in [9.17, 15) is 4.79 Å². The molecule has 3 aromatic rings. The molecule has 0 fully saturated rings. The third-order valence-corrected chi connectivity index (χ3v) is 4.16. The second-order valence-electron chi connectivity index (χ2n) is 4.91. The maximum Gasteiger partial charge on any atom is 0.272 e. The number of amides is 1. The molecule has 0 bridgehead atoms. The Morgan fingerprint density at radius 3 is 3.00 bits per heavy atom. The van der Waals surface area contributed by atoms with E-state index in [1.807, 2.05) is 48.7 Å². The van der Waals surface area contributed by atoms with Crippen LogP contribution in [0.3, 0.4) is 0 Å². The van der Waals surface area contributed by atoms with Crippen LogP contribution in [0.25, 0.3) is 10.6 Å². The Balaban J connectivity index is 1.62. The van der Waals surface area contributed by atoms with Gasteiger partial charge in [-0.25, -0.2) is 0 Å². The summed E-state index contributed by atoms with van der Waals surface area (Å²) in [5.74, 6) is 0.602. The van der Waals surface area contributed by atoms with E-state index in [1.165, 1.54) is 0 Å². The van der Waals surface area contributed by atoms with Crippen LogP contribution in [0.4, 0.5) is 0 Å². The van der Waals surface area contributed by atoms with E-state index in [2.05, 4.69) is 15.5 Å². The minimum atomic E-state index is -0.203.